The Kier molecular flexibility index (Phi) is 6.19. The molecule has 1 atom stereocenters. The summed E-state index contributed by atoms with van der Waals surface area (Å²) in [5, 5.41) is 10.4. The Bertz CT molecular complexity index is 556. The SMILES string of the molecule is CCCC(N(NC(=O)O)C(=O)c1cc(C)cc(C)c1)C(C)(C)C. The monoisotopic (exact) mass is 320 g/mol. The van der Waals surface area contributed by atoms with E-state index in [2.05, 4.69) is 5.43 Å². The molecule has 5 nitrogen and oxygen atoms in total. The molecule has 0 heterocycles. The summed E-state index contributed by atoms with van der Waals surface area (Å²) in [5.41, 5.74) is 4.52. The summed E-state index contributed by atoms with van der Waals surface area (Å²) in [4.78, 5) is 24.2. The van der Waals surface area contributed by atoms with Gasteiger partial charge in [0, 0.05) is 5.56 Å². The predicted octanol–water partition coefficient (Wildman–Crippen LogP) is 4.14. The molecule has 23 heavy (non-hydrogen) atoms. The van der Waals surface area contributed by atoms with Gasteiger partial charge in [0.05, 0.1) is 6.04 Å². The molecule has 1 unspecified atom stereocenters. The lowest BCUT2D eigenvalue weighted by Crippen LogP contribution is -2.56. The molecule has 0 fully saturated rings. The first kappa shape index (κ1) is 19.0. The van der Waals surface area contributed by atoms with E-state index in [9.17, 15) is 9.59 Å². The van der Waals surface area contributed by atoms with Crippen LogP contribution in [0.4, 0.5) is 4.79 Å². The first-order valence-electron chi connectivity index (χ1n) is 7.97. The number of carbonyl (C=O) groups is 2. The molecule has 0 aliphatic heterocycles. The van der Waals surface area contributed by atoms with Crippen LogP contribution in [-0.4, -0.2) is 28.2 Å². The van der Waals surface area contributed by atoms with Crippen LogP contribution in [0.1, 0.15) is 62.0 Å². The van der Waals surface area contributed by atoms with Crippen LogP contribution in [0.25, 0.3) is 0 Å². The molecule has 0 bridgehead atoms. The number of nitrogens with zero attached hydrogens (tertiary/aromatic N) is 1. The number of benzene rings is 1. The van der Waals surface area contributed by atoms with Crippen LogP contribution < -0.4 is 5.43 Å². The average molecular weight is 320 g/mol. The molecule has 0 aromatic heterocycles. The van der Waals surface area contributed by atoms with Gasteiger partial charge in [0.2, 0.25) is 0 Å². The zero-order valence-corrected chi connectivity index (χ0v) is 14.9. The van der Waals surface area contributed by atoms with Crippen molar-refractivity contribution in [1.29, 1.82) is 0 Å². The molecule has 2 N–H and O–H groups in total. The number of carbonyl (C=O) groups excluding carboxylic acids is 1. The van der Waals surface area contributed by atoms with Crippen molar-refractivity contribution in [1.82, 2.24) is 10.4 Å². The van der Waals surface area contributed by atoms with Gasteiger partial charge in [-0.1, -0.05) is 51.3 Å². The van der Waals surface area contributed by atoms with Crippen LogP contribution in [-0.2, 0) is 0 Å². The number of hydrogen-bond donors (Lipinski definition) is 2. The Morgan fingerprint density at radius 2 is 1.70 bits per heavy atom. The minimum atomic E-state index is -1.23. The smallest absolute Gasteiger partial charge is 0.423 e. The van der Waals surface area contributed by atoms with Gasteiger partial charge in [0.25, 0.3) is 5.91 Å². The molecular weight excluding hydrogens is 292 g/mol. The zero-order valence-electron chi connectivity index (χ0n) is 14.9. The molecule has 5 heteroatoms. The van der Waals surface area contributed by atoms with E-state index in [-0.39, 0.29) is 17.4 Å². The van der Waals surface area contributed by atoms with Gasteiger partial charge >= 0.3 is 6.09 Å². The summed E-state index contributed by atoms with van der Waals surface area (Å²) in [6.07, 6.45) is 0.355. The van der Waals surface area contributed by atoms with Gasteiger partial charge in [-0.2, -0.15) is 0 Å². The Morgan fingerprint density at radius 3 is 2.09 bits per heavy atom. The van der Waals surface area contributed by atoms with Crippen molar-refractivity contribution >= 4 is 12.0 Å². The number of nitrogens with one attached hydrogen (secondary N) is 1. The summed E-state index contributed by atoms with van der Waals surface area (Å²) < 4.78 is 0. The van der Waals surface area contributed by atoms with Crippen LogP contribution in [0.2, 0.25) is 0 Å². The number of aryl methyl sites for hydroxylation is 2. The Hall–Kier alpha value is -2.04. The molecule has 1 rings (SSSR count). The maximum absolute atomic E-state index is 12.9. The second-order valence-electron chi connectivity index (χ2n) is 7.14. The quantitative estimate of drug-likeness (QED) is 0.819. The topological polar surface area (TPSA) is 69.6 Å². The van der Waals surface area contributed by atoms with Gasteiger partial charge in [-0.15, -0.1) is 0 Å². The minimum Gasteiger partial charge on any atom is -0.464 e. The third-order valence-corrected chi connectivity index (χ3v) is 3.78. The highest BCUT2D eigenvalue weighted by molar-refractivity contribution is 5.95. The van der Waals surface area contributed by atoms with E-state index in [0.717, 1.165) is 24.0 Å². The number of carboxylic acid groups (broad SMARTS) is 1. The maximum Gasteiger partial charge on any atom is 0.423 e. The van der Waals surface area contributed by atoms with Gasteiger partial charge in [-0.3, -0.25) is 4.79 Å². The predicted molar refractivity (Wildman–Crippen MR) is 91.4 cm³/mol. The van der Waals surface area contributed by atoms with Crippen molar-refractivity contribution in [3.05, 3.63) is 34.9 Å². The van der Waals surface area contributed by atoms with Crippen LogP contribution >= 0.6 is 0 Å². The number of amides is 2. The maximum atomic E-state index is 12.9. The van der Waals surface area contributed by atoms with Gasteiger partial charge in [-0.05, 0) is 37.8 Å². The fraction of sp³-hybridized carbons (Fsp3) is 0.556. The van der Waals surface area contributed by atoms with E-state index in [1.54, 1.807) is 12.1 Å². The summed E-state index contributed by atoms with van der Waals surface area (Å²) in [6, 6.07) is 5.34. The van der Waals surface area contributed by atoms with Crippen LogP contribution in [0.5, 0.6) is 0 Å². The molecule has 0 spiro atoms. The lowest BCUT2D eigenvalue weighted by Gasteiger charge is -2.39. The molecular formula is C18H28N2O3. The van der Waals surface area contributed by atoms with Gasteiger partial charge in [0.1, 0.15) is 0 Å². The molecule has 1 aromatic rings. The molecule has 2 amide bonds. The first-order chi connectivity index (χ1) is 10.6. The first-order valence-corrected chi connectivity index (χ1v) is 7.97. The second-order valence-corrected chi connectivity index (χ2v) is 7.14. The fourth-order valence-corrected chi connectivity index (χ4v) is 2.83. The highest BCUT2D eigenvalue weighted by Crippen LogP contribution is 2.28. The second kappa shape index (κ2) is 7.49. The lowest BCUT2D eigenvalue weighted by atomic mass is 9.83. The summed E-state index contributed by atoms with van der Waals surface area (Å²) in [5.74, 6) is -0.312. The molecule has 0 aliphatic rings. The van der Waals surface area contributed by atoms with E-state index in [1.807, 2.05) is 47.6 Å². The summed E-state index contributed by atoms with van der Waals surface area (Å²) >= 11 is 0. The van der Waals surface area contributed by atoms with Crippen LogP contribution in [0, 0.1) is 19.3 Å². The van der Waals surface area contributed by atoms with Crippen molar-refractivity contribution in [3.63, 3.8) is 0 Å². The molecule has 0 saturated heterocycles. The van der Waals surface area contributed by atoms with Crippen LogP contribution in [0.3, 0.4) is 0 Å². The normalized spacial score (nSPS) is 12.6. The number of hydrogen-bond acceptors (Lipinski definition) is 2. The third kappa shape index (κ3) is 5.27. The standard InChI is InChI=1S/C18H28N2O3/c1-7-8-15(18(4,5)6)20(19-17(22)23)16(21)14-10-12(2)9-13(3)11-14/h9-11,15,19H,7-8H2,1-6H3,(H,22,23). The third-order valence-electron chi connectivity index (χ3n) is 3.78. The fourth-order valence-electron chi connectivity index (χ4n) is 2.83. The summed E-state index contributed by atoms with van der Waals surface area (Å²) in [6.45, 7) is 11.9. The Labute approximate surface area is 138 Å². The minimum absolute atomic E-state index is 0.225. The summed E-state index contributed by atoms with van der Waals surface area (Å²) in [7, 11) is 0. The Morgan fingerprint density at radius 1 is 1.17 bits per heavy atom. The van der Waals surface area contributed by atoms with Crippen molar-refractivity contribution in [2.45, 2.75) is 60.4 Å². The van der Waals surface area contributed by atoms with E-state index >= 15 is 0 Å². The molecule has 0 saturated carbocycles. The molecule has 128 valence electrons. The van der Waals surface area contributed by atoms with Crippen molar-refractivity contribution < 1.29 is 14.7 Å². The highest BCUT2D eigenvalue weighted by atomic mass is 16.4. The van der Waals surface area contributed by atoms with Crippen molar-refractivity contribution in [2.24, 2.45) is 5.41 Å². The Balaban J connectivity index is 3.28. The van der Waals surface area contributed by atoms with Crippen LogP contribution in [0.15, 0.2) is 18.2 Å². The molecule has 0 aliphatic carbocycles. The van der Waals surface area contributed by atoms with Gasteiger partial charge < -0.3 is 5.11 Å². The highest BCUT2D eigenvalue weighted by Gasteiger charge is 2.34. The lowest BCUT2D eigenvalue weighted by molar-refractivity contribution is 0.0301. The molecule has 1 aromatic carbocycles. The zero-order chi connectivity index (χ0) is 17.8. The van der Waals surface area contributed by atoms with E-state index < -0.39 is 6.09 Å². The van der Waals surface area contributed by atoms with E-state index in [4.69, 9.17) is 5.11 Å². The van der Waals surface area contributed by atoms with Gasteiger partial charge in [-0.25, -0.2) is 15.2 Å². The van der Waals surface area contributed by atoms with E-state index in [0.29, 0.717) is 5.56 Å². The average Bonchev–Trinajstić information content (AvgIpc) is 2.39. The largest absolute Gasteiger partial charge is 0.464 e. The van der Waals surface area contributed by atoms with Crippen molar-refractivity contribution in [2.75, 3.05) is 0 Å². The van der Waals surface area contributed by atoms with Crippen molar-refractivity contribution in [3.8, 4) is 0 Å². The molecule has 0 radical (unpaired) electrons. The number of rotatable bonds is 4. The number of hydrazine groups is 1. The van der Waals surface area contributed by atoms with Gasteiger partial charge in [0.15, 0.2) is 0 Å². The van der Waals surface area contributed by atoms with E-state index in [1.165, 1.54) is 5.01 Å².